The van der Waals surface area contributed by atoms with E-state index in [4.69, 9.17) is 24.2 Å². The summed E-state index contributed by atoms with van der Waals surface area (Å²) in [5, 5.41) is 5.52. The minimum Gasteiger partial charge on any atom is -0.497 e. The van der Waals surface area contributed by atoms with Crippen LogP contribution in [0.25, 0.3) is 31.7 Å². The molecule has 4 aliphatic rings. The number of methoxy groups -OCH3 is 1. The summed E-state index contributed by atoms with van der Waals surface area (Å²) in [6, 6.07) is 9.25. The number of allylic oxidation sites excluding steroid dienone is 1. The van der Waals surface area contributed by atoms with Gasteiger partial charge in [-0.25, -0.2) is 22.6 Å². The Labute approximate surface area is 356 Å². The van der Waals surface area contributed by atoms with Crippen LogP contribution in [0.2, 0.25) is 0 Å². The lowest BCUT2D eigenvalue weighted by atomic mass is 10.0. The van der Waals surface area contributed by atoms with Gasteiger partial charge in [-0.15, -0.1) is 11.3 Å². The number of carbonyl (C=O) groups excluding carboxylic acids is 4. The Kier molecular flexibility index (Phi) is 11.4. The van der Waals surface area contributed by atoms with Crippen molar-refractivity contribution < 1.29 is 46.2 Å². The number of sulfonamides is 1. The first-order valence-corrected chi connectivity index (χ1v) is 23.0. The SMILES string of the molecule is COc1ccc(-c2nc(O[C@H]3C[C@H]4C(=O)N[C@]5(C(=O)NS(=O)(=O)C6CC6)C[C@H]5/C=C\CCCCC[C@@H](NC(=O)OC(C)(C)C)C(=O)N4C3)c3sc4ccc(F)cc4c3n2)cc1. The van der Waals surface area contributed by atoms with Crippen molar-refractivity contribution in [1.82, 2.24) is 30.2 Å². The van der Waals surface area contributed by atoms with Crippen LogP contribution in [0.4, 0.5) is 9.18 Å². The zero-order valence-electron chi connectivity index (χ0n) is 34.4. The first-order chi connectivity index (χ1) is 29.0. The lowest BCUT2D eigenvalue weighted by Gasteiger charge is -2.30. The van der Waals surface area contributed by atoms with Gasteiger partial charge in [0.05, 0.1) is 24.4 Å². The molecule has 2 aliphatic carbocycles. The van der Waals surface area contributed by atoms with Crippen molar-refractivity contribution in [1.29, 1.82) is 0 Å². The maximum Gasteiger partial charge on any atom is 0.408 e. The Balaban J connectivity index is 1.15. The maximum absolute atomic E-state index is 14.7. The van der Waals surface area contributed by atoms with E-state index in [9.17, 15) is 32.0 Å². The molecule has 324 valence electrons. The number of amides is 4. The quantitative estimate of drug-likeness (QED) is 0.178. The van der Waals surface area contributed by atoms with Crippen molar-refractivity contribution in [3.8, 4) is 23.0 Å². The van der Waals surface area contributed by atoms with Crippen molar-refractivity contribution in [2.24, 2.45) is 5.92 Å². The predicted octanol–water partition coefficient (Wildman–Crippen LogP) is 5.90. The van der Waals surface area contributed by atoms with E-state index >= 15 is 0 Å². The fourth-order valence-electron chi connectivity index (χ4n) is 7.99. The predicted molar refractivity (Wildman–Crippen MR) is 226 cm³/mol. The highest BCUT2D eigenvalue weighted by Crippen LogP contribution is 2.46. The Morgan fingerprint density at radius 3 is 2.52 bits per heavy atom. The molecule has 5 atom stereocenters. The third-order valence-electron chi connectivity index (χ3n) is 11.4. The number of nitrogens with zero attached hydrogens (tertiary/aromatic N) is 3. The van der Waals surface area contributed by atoms with Gasteiger partial charge in [-0.1, -0.05) is 25.0 Å². The molecular weight excluding hydrogens is 828 g/mol. The summed E-state index contributed by atoms with van der Waals surface area (Å²) in [6.07, 6.45) is 6.18. The van der Waals surface area contributed by atoms with Gasteiger partial charge in [0.2, 0.25) is 27.7 Å². The zero-order chi connectivity index (χ0) is 43.3. The van der Waals surface area contributed by atoms with Crippen molar-refractivity contribution in [2.75, 3.05) is 13.7 Å². The van der Waals surface area contributed by atoms with E-state index in [-0.39, 0.29) is 31.7 Å². The summed E-state index contributed by atoms with van der Waals surface area (Å²) in [5.41, 5.74) is -1.31. The number of carbonyl (C=O) groups is 4. The lowest BCUT2D eigenvalue weighted by molar-refractivity contribution is -0.141. The Bertz CT molecular complexity index is 2520. The Morgan fingerprint density at radius 2 is 1.80 bits per heavy atom. The molecule has 4 aromatic rings. The van der Waals surface area contributed by atoms with Crippen LogP contribution in [0.5, 0.6) is 11.6 Å². The highest BCUT2D eigenvalue weighted by molar-refractivity contribution is 7.91. The number of nitrogens with one attached hydrogen (secondary N) is 3. The molecule has 8 rings (SSSR count). The van der Waals surface area contributed by atoms with Crippen LogP contribution in [0.1, 0.15) is 78.6 Å². The normalized spacial score (nSPS) is 25.4. The Hall–Kier alpha value is -5.36. The zero-order valence-corrected chi connectivity index (χ0v) is 36.0. The number of hydrogen-bond donors (Lipinski definition) is 3. The molecule has 3 N–H and O–H groups in total. The third kappa shape index (κ3) is 9.15. The van der Waals surface area contributed by atoms with Gasteiger partial charge in [-0.2, -0.15) is 4.98 Å². The average molecular weight is 877 g/mol. The molecule has 3 fully saturated rings. The van der Waals surface area contributed by atoms with Crippen LogP contribution in [-0.4, -0.2) is 95.3 Å². The maximum atomic E-state index is 14.7. The standard InChI is InChI=1S/C43H49FN6O9S2/c1-42(2,3)59-41(54)45-31-11-9-7-5-6-8-10-25-22-43(25,40(53)49-61(55,56)29-17-18-29)48-37(51)32-21-28(23-50(32)39(31)52)58-38-35-34(30-20-26(44)14-19-33(30)60-35)46-36(47-38)24-12-15-27(57-4)16-13-24/h8,10,12-16,19-20,25,28-29,31-32H,5-7,9,11,17-18,21-23H2,1-4H3,(H,45,54)(H,48,51)(H,49,53)/b10-8-/t25-,28+,31-,32+,43-/m1/s1. The smallest absolute Gasteiger partial charge is 0.408 e. The van der Waals surface area contributed by atoms with Crippen molar-refractivity contribution in [3.63, 3.8) is 0 Å². The molecule has 2 saturated carbocycles. The van der Waals surface area contributed by atoms with E-state index in [1.165, 1.54) is 28.4 Å². The number of hydrogen-bond acceptors (Lipinski definition) is 12. The molecule has 18 heteroatoms. The second-order valence-corrected chi connectivity index (χ2v) is 20.2. The number of benzene rings is 2. The van der Waals surface area contributed by atoms with Gasteiger partial charge >= 0.3 is 6.09 Å². The number of thiophene rings is 1. The van der Waals surface area contributed by atoms with Crippen LogP contribution < -0.4 is 24.8 Å². The van der Waals surface area contributed by atoms with E-state index in [1.807, 2.05) is 12.2 Å². The van der Waals surface area contributed by atoms with Crippen LogP contribution in [-0.2, 0) is 29.1 Å². The van der Waals surface area contributed by atoms with Crippen molar-refractivity contribution >= 4 is 65.5 Å². The number of fused-ring (bicyclic) bond motifs is 5. The van der Waals surface area contributed by atoms with Crippen LogP contribution in [0.3, 0.4) is 0 Å². The number of alkyl carbamates (subject to hydrolysis) is 1. The molecule has 2 aliphatic heterocycles. The fraction of sp³-hybridized carbons (Fsp3) is 0.488. The van der Waals surface area contributed by atoms with Gasteiger partial charge in [-0.3, -0.25) is 19.1 Å². The first kappa shape index (κ1) is 42.3. The van der Waals surface area contributed by atoms with Gasteiger partial charge in [0, 0.05) is 28.0 Å². The van der Waals surface area contributed by atoms with E-state index in [0.29, 0.717) is 58.4 Å². The number of rotatable bonds is 8. The first-order valence-electron chi connectivity index (χ1n) is 20.6. The monoisotopic (exact) mass is 876 g/mol. The molecule has 0 spiro atoms. The highest BCUT2D eigenvalue weighted by Gasteiger charge is 2.62. The number of ether oxygens (including phenoxy) is 3. The summed E-state index contributed by atoms with van der Waals surface area (Å²) in [5.74, 6) is -1.88. The molecule has 0 bridgehead atoms. The average Bonchev–Trinajstić information content (AvgIpc) is 4.11. The van der Waals surface area contributed by atoms with E-state index < -0.39 is 80.2 Å². The van der Waals surface area contributed by atoms with E-state index in [0.717, 1.165) is 17.5 Å². The minimum atomic E-state index is -3.94. The fourth-order valence-corrected chi connectivity index (χ4v) is 10.4. The van der Waals surface area contributed by atoms with Crippen molar-refractivity contribution in [3.05, 3.63) is 60.4 Å². The minimum absolute atomic E-state index is 0.0435. The third-order valence-corrected chi connectivity index (χ3v) is 14.4. The topological polar surface area (TPSA) is 195 Å². The summed E-state index contributed by atoms with van der Waals surface area (Å²) in [4.78, 5) is 67.3. The van der Waals surface area contributed by atoms with E-state index in [1.54, 1.807) is 58.2 Å². The van der Waals surface area contributed by atoms with Gasteiger partial charge in [0.1, 0.15) is 45.6 Å². The molecule has 1 saturated heterocycles. The highest BCUT2D eigenvalue weighted by atomic mass is 32.2. The lowest BCUT2D eigenvalue weighted by Crippen LogP contribution is -2.58. The summed E-state index contributed by atoms with van der Waals surface area (Å²) >= 11 is 1.31. The Morgan fingerprint density at radius 1 is 1.03 bits per heavy atom. The molecule has 4 amide bonds. The van der Waals surface area contributed by atoms with Gasteiger partial charge in [0.15, 0.2) is 5.82 Å². The number of aromatic nitrogens is 2. The molecule has 15 nitrogen and oxygen atoms in total. The summed E-state index contributed by atoms with van der Waals surface area (Å²) in [6.45, 7) is 5.03. The van der Waals surface area contributed by atoms with Crippen LogP contribution >= 0.6 is 11.3 Å². The molecule has 0 radical (unpaired) electrons. The molecule has 2 aromatic heterocycles. The van der Waals surface area contributed by atoms with Gasteiger partial charge in [-0.05, 0) is 102 Å². The number of halogens is 1. The molecule has 0 unspecified atom stereocenters. The van der Waals surface area contributed by atoms with Gasteiger partial charge in [0.25, 0.3) is 5.91 Å². The van der Waals surface area contributed by atoms with E-state index in [2.05, 4.69) is 15.4 Å². The molecular formula is C43H49FN6O9S2. The summed E-state index contributed by atoms with van der Waals surface area (Å²) < 4.78 is 61.5. The van der Waals surface area contributed by atoms with Gasteiger partial charge < -0.3 is 29.7 Å². The second kappa shape index (κ2) is 16.5. The molecule has 61 heavy (non-hydrogen) atoms. The van der Waals surface area contributed by atoms with Crippen LogP contribution in [0, 0.1) is 11.7 Å². The van der Waals surface area contributed by atoms with Crippen molar-refractivity contribution in [2.45, 2.75) is 113 Å². The molecule has 2 aromatic carbocycles. The van der Waals surface area contributed by atoms with Crippen LogP contribution in [0.15, 0.2) is 54.6 Å². The molecule has 4 heterocycles. The second-order valence-electron chi connectivity index (χ2n) is 17.2. The summed E-state index contributed by atoms with van der Waals surface area (Å²) in [7, 11) is -2.38. The largest absolute Gasteiger partial charge is 0.497 e.